The van der Waals surface area contributed by atoms with Crippen molar-refractivity contribution in [1.82, 2.24) is 20.2 Å². The lowest BCUT2D eigenvalue weighted by Gasteiger charge is -2.34. The normalized spacial score (nSPS) is 20.7. The number of H-pyrrole nitrogens is 1. The molecular weight excluding hydrogens is 331 g/mol. The number of likely N-dealkylation sites (tertiary alicyclic amines) is 1. The second kappa shape index (κ2) is 7.09. The number of benzene rings is 1. The third-order valence-corrected chi connectivity index (χ3v) is 5.77. The highest BCUT2D eigenvalue weighted by Gasteiger charge is 2.27. The maximum absolute atomic E-state index is 13.3. The van der Waals surface area contributed by atoms with Gasteiger partial charge in [0, 0.05) is 31.2 Å². The van der Waals surface area contributed by atoms with Crippen LogP contribution in [-0.2, 0) is 12.8 Å². The van der Waals surface area contributed by atoms with Crippen LogP contribution in [0.25, 0.3) is 0 Å². The first-order chi connectivity index (χ1) is 12.6. The van der Waals surface area contributed by atoms with E-state index in [1.807, 2.05) is 17.9 Å². The number of aryl methyl sites for hydroxylation is 2. The van der Waals surface area contributed by atoms with Crippen LogP contribution in [0.4, 0.5) is 9.18 Å². The highest BCUT2D eigenvalue weighted by Crippen LogP contribution is 2.30. The summed E-state index contributed by atoms with van der Waals surface area (Å²) in [5.74, 6) is 0.220. The van der Waals surface area contributed by atoms with Crippen molar-refractivity contribution in [3.05, 3.63) is 52.9 Å². The molecule has 1 aliphatic heterocycles. The Hall–Kier alpha value is -2.37. The molecule has 0 spiro atoms. The summed E-state index contributed by atoms with van der Waals surface area (Å²) >= 11 is 0. The summed E-state index contributed by atoms with van der Waals surface area (Å²) < 4.78 is 13.3. The lowest BCUT2D eigenvalue weighted by atomic mass is 9.87. The Kier molecular flexibility index (Phi) is 4.66. The summed E-state index contributed by atoms with van der Waals surface area (Å²) in [6.07, 6.45) is 6.26. The molecule has 1 saturated heterocycles. The number of carbonyl (C=O) groups is 1. The van der Waals surface area contributed by atoms with Crippen LogP contribution in [0, 0.1) is 12.7 Å². The first-order valence-electron chi connectivity index (χ1n) is 9.43. The number of aromatic nitrogens is 2. The lowest BCUT2D eigenvalue weighted by Crippen LogP contribution is -2.49. The second-order valence-electron chi connectivity index (χ2n) is 7.48. The van der Waals surface area contributed by atoms with Gasteiger partial charge in [-0.05, 0) is 61.8 Å². The van der Waals surface area contributed by atoms with Gasteiger partial charge in [-0.25, -0.2) is 14.2 Å². The second-order valence-corrected chi connectivity index (χ2v) is 7.48. The highest BCUT2D eigenvalue weighted by atomic mass is 19.1. The molecule has 0 radical (unpaired) electrons. The number of hydrogen-bond acceptors (Lipinski definition) is 2. The van der Waals surface area contributed by atoms with Crippen molar-refractivity contribution in [1.29, 1.82) is 0 Å². The number of nitrogens with zero attached hydrogens (tertiary/aromatic N) is 2. The number of urea groups is 1. The van der Waals surface area contributed by atoms with Gasteiger partial charge in [0.2, 0.25) is 0 Å². The average Bonchev–Trinajstić information content (AvgIpc) is 3.10. The molecule has 1 aromatic carbocycles. The molecule has 26 heavy (non-hydrogen) atoms. The van der Waals surface area contributed by atoms with Crippen molar-refractivity contribution < 1.29 is 9.18 Å². The minimum Gasteiger partial charge on any atom is -0.348 e. The Morgan fingerprint density at radius 2 is 2.12 bits per heavy atom. The average molecular weight is 356 g/mol. The Morgan fingerprint density at radius 3 is 2.88 bits per heavy atom. The third kappa shape index (κ3) is 3.45. The number of carbonyl (C=O) groups excluding carboxylic acids is 1. The number of imidazole rings is 1. The predicted molar refractivity (Wildman–Crippen MR) is 97.6 cm³/mol. The number of amides is 2. The maximum atomic E-state index is 13.3. The largest absolute Gasteiger partial charge is 0.348 e. The van der Waals surface area contributed by atoms with Crippen molar-refractivity contribution in [2.45, 2.75) is 51.0 Å². The molecule has 2 N–H and O–H groups in total. The van der Waals surface area contributed by atoms with Gasteiger partial charge in [0.1, 0.15) is 5.82 Å². The van der Waals surface area contributed by atoms with Gasteiger partial charge in [-0.3, -0.25) is 0 Å². The topological polar surface area (TPSA) is 61.0 Å². The maximum Gasteiger partial charge on any atom is 0.317 e. The molecule has 4 rings (SSSR count). The van der Waals surface area contributed by atoms with E-state index < -0.39 is 0 Å². The Morgan fingerprint density at radius 1 is 1.31 bits per heavy atom. The van der Waals surface area contributed by atoms with Crippen molar-refractivity contribution in [2.75, 3.05) is 13.1 Å². The number of hydrogen-bond donors (Lipinski definition) is 2. The molecule has 1 fully saturated rings. The van der Waals surface area contributed by atoms with Gasteiger partial charge in [-0.2, -0.15) is 0 Å². The number of aromatic amines is 1. The first kappa shape index (κ1) is 17.1. The van der Waals surface area contributed by atoms with Crippen LogP contribution in [0.5, 0.6) is 0 Å². The van der Waals surface area contributed by atoms with Gasteiger partial charge in [-0.15, -0.1) is 0 Å². The summed E-state index contributed by atoms with van der Waals surface area (Å²) in [6.45, 7) is 3.45. The fourth-order valence-electron chi connectivity index (χ4n) is 4.28. The molecule has 0 saturated carbocycles. The Balaban J connectivity index is 1.31. The van der Waals surface area contributed by atoms with Crippen LogP contribution in [0.2, 0.25) is 0 Å². The first-order valence-corrected chi connectivity index (χ1v) is 9.43. The minimum absolute atomic E-state index is 0.0345. The van der Waals surface area contributed by atoms with Gasteiger partial charge in [0.15, 0.2) is 0 Å². The third-order valence-electron chi connectivity index (χ3n) is 5.77. The van der Waals surface area contributed by atoms with Crippen molar-refractivity contribution in [2.24, 2.45) is 0 Å². The molecule has 2 heterocycles. The molecule has 1 unspecified atom stereocenters. The molecule has 5 nitrogen and oxygen atoms in total. The molecule has 1 aromatic heterocycles. The van der Waals surface area contributed by atoms with Crippen molar-refractivity contribution >= 4 is 6.03 Å². The zero-order chi connectivity index (χ0) is 18.1. The standard InChI is InChI=1S/C20H25FN4O/c1-13-10-15(21)2-4-17(13)14-6-8-25(9-7-14)20(26)24-16-3-5-18-19(11-16)23-12-22-18/h2,4,10,12,14,16H,3,5-9,11H2,1H3,(H,22,23)(H,24,26). The molecule has 138 valence electrons. The van der Waals surface area contributed by atoms with Gasteiger partial charge in [0.25, 0.3) is 0 Å². The number of piperidine rings is 1. The van der Waals surface area contributed by atoms with E-state index in [1.54, 1.807) is 12.4 Å². The summed E-state index contributed by atoms with van der Waals surface area (Å²) in [5.41, 5.74) is 4.49. The summed E-state index contributed by atoms with van der Waals surface area (Å²) in [6, 6.07) is 5.24. The number of halogens is 1. The summed E-state index contributed by atoms with van der Waals surface area (Å²) in [4.78, 5) is 22.0. The summed E-state index contributed by atoms with van der Waals surface area (Å²) in [7, 11) is 0. The number of rotatable bonds is 2. The van der Waals surface area contributed by atoms with E-state index in [4.69, 9.17) is 0 Å². The predicted octanol–water partition coefficient (Wildman–Crippen LogP) is 3.30. The van der Waals surface area contributed by atoms with Crippen molar-refractivity contribution in [3.63, 3.8) is 0 Å². The smallest absolute Gasteiger partial charge is 0.317 e. The zero-order valence-corrected chi connectivity index (χ0v) is 15.1. The van der Waals surface area contributed by atoms with Crippen LogP contribution >= 0.6 is 0 Å². The van der Waals surface area contributed by atoms with Crippen LogP contribution in [-0.4, -0.2) is 40.0 Å². The quantitative estimate of drug-likeness (QED) is 0.867. The molecule has 1 aliphatic carbocycles. The molecular formula is C20H25FN4O. The van der Waals surface area contributed by atoms with Crippen molar-refractivity contribution in [3.8, 4) is 0 Å². The number of fused-ring (bicyclic) bond motifs is 1. The van der Waals surface area contributed by atoms with E-state index in [-0.39, 0.29) is 17.9 Å². The fourth-order valence-corrected chi connectivity index (χ4v) is 4.28. The molecule has 6 heteroatoms. The molecule has 2 amide bonds. The molecule has 2 aliphatic rings. The molecule has 1 atom stereocenters. The van der Waals surface area contributed by atoms with Crippen LogP contribution in [0.15, 0.2) is 24.5 Å². The number of nitrogens with one attached hydrogen (secondary N) is 2. The summed E-state index contributed by atoms with van der Waals surface area (Å²) in [5, 5.41) is 3.18. The van der Waals surface area contributed by atoms with E-state index in [2.05, 4.69) is 15.3 Å². The van der Waals surface area contributed by atoms with Gasteiger partial charge in [0.05, 0.1) is 12.0 Å². The molecule has 0 bridgehead atoms. The van der Waals surface area contributed by atoms with Gasteiger partial charge in [-0.1, -0.05) is 6.07 Å². The van der Waals surface area contributed by atoms with E-state index >= 15 is 0 Å². The van der Waals surface area contributed by atoms with Gasteiger partial charge >= 0.3 is 6.03 Å². The minimum atomic E-state index is -0.184. The SMILES string of the molecule is Cc1cc(F)ccc1C1CCN(C(=O)NC2CCc3nc[nH]c3C2)CC1. The van der Waals surface area contributed by atoms with Crippen LogP contribution in [0.1, 0.15) is 47.7 Å². The Bertz CT molecular complexity index is 795. The van der Waals surface area contributed by atoms with E-state index in [9.17, 15) is 9.18 Å². The Labute approximate surface area is 153 Å². The van der Waals surface area contributed by atoms with E-state index in [0.717, 1.165) is 62.1 Å². The van der Waals surface area contributed by atoms with Crippen LogP contribution < -0.4 is 5.32 Å². The van der Waals surface area contributed by atoms with Gasteiger partial charge < -0.3 is 15.2 Å². The zero-order valence-electron chi connectivity index (χ0n) is 15.1. The fraction of sp³-hybridized carbons (Fsp3) is 0.500. The lowest BCUT2D eigenvalue weighted by molar-refractivity contribution is 0.176. The highest BCUT2D eigenvalue weighted by molar-refractivity contribution is 5.74. The van der Waals surface area contributed by atoms with E-state index in [0.29, 0.717) is 5.92 Å². The van der Waals surface area contributed by atoms with E-state index in [1.165, 1.54) is 11.6 Å². The van der Waals surface area contributed by atoms with Crippen LogP contribution in [0.3, 0.4) is 0 Å². The monoisotopic (exact) mass is 356 g/mol. The molecule has 2 aromatic rings.